The maximum atomic E-state index is 12.7. The Kier molecular flexibility index (Phi) is 4.58. The van der Waals surface area contributed by atoms with E-state index in [-0.39, 0.29) is 30.2 Å². The smallest absolute Gasteiger partial charge is 0.229 e. The van der Waals surface area contributed by atoms with Crippen molar-refractivity contribution in [1.82, 2.24) is 14.8 Å². The summed E-state index contributed by atoms with van der Waals surface area (Å²) in [6.45, 7) is 6.47. The van der Waals surface area contributed by atoms with Crippen molar-refractivity contribution in [2.24, 2.45) is 5.92 Å². The van der Waals surface area contributed by atoms with E-state index < -0.39 is 0 Å². The SMILES string of the molecule is Cc1ccc(N2C[C@H](C(=O)Nc3cnc4c(cnn4C(C)C)c3)CC2=O)cc1. The van der Waals surface area contributed by atoms with E-state index in [1.165, 1.54) is 0 Å². The summed E-state index contributed by atoms with van der Waals surface area (Å²) in [6.07, 6.45) is 3.59. The molecule has 7 heteroatoms. The number of aryl methyl sites for hydroxylation is 1. The summed E-state index contributed by atoms with van der Waals surface area (Å²) in [6, 6.07) is 9.83. The van der Waals surface area contributed by atoms with Gasteiger partial charge in [0, 0.05) is 30.1 Å². The summed E-state index contributed by atoms with van der Waals surface area (Å²) < 4.78 is 1.84. The van der Waals surface area contributed by atoms with Crippen LogP contribution in [0.5, 0.6) is 0 Å². The predicted octanol–water partition coefficient (Wildman–Crippen LogP) is 3.31. The normalized spacial score (nSPS) is 16.9. The lowest BCUT2D eigenvalue weighted by Crippen LogP contribution is -2.28. The Balaban J connectivity index is 1.47. The molecule has 1 N–H and O–H groups in total. The van der Waals surface area contributed by atoms with E-state index in [2.05, 4.69) is 15.4 Å². The molecule has 0 bridgehead atoms. The lowest BCUT2D eigenvalue weighted by Gasteiger charge is -2.17. The van der Waals surface area contributed by atoms with Crippen molar-refractivity contribution in [2.45, 2.75) is 33.2 Å². The summed E-state index contributed by atoms with van der Waals surface area (Å²) >= 11 is 0. The molecule has 1 aliphatic heterocycles. The molecule has 1 aromatic carbocycles. The molecule has 1 aliphatic rings. The Bertz CT molecular complexity index is 1040. The van der Waals surface area contributed by atoms with Gasteiger partial charge in [0.1, 0.15) is 0 Å². The molecule has 0 radical (unpaired) electrons. The minimum atomic E-state index is -0.386. The van der Waals surface area contributed by atoms with E-state index in [0.29, 0.717) is 12.2 Å². The van der Waals surface area contributed by atoms with Crippen LogP contribution in [-0.4, -0.2) is 33.1 Å². The zero-order valence-corrected chi connectivity index (χ0v) is 16.2. The van der Waals surface area contributed by atoms with E-state index in [4.69, 9.17) is 0 Å². The fourth-order valence-electron chi connectivity index (χ4n) is 3.49. The van der Waals surface area contributed by atoms with Crippen LogP contribution in [0.3, 0.4) is 0 Å². The van der Waals surface area contributed by atoms with Crippen molar-refractivity contribution in [1.29, 1.82) is 0 Å². The van der Waals surface area contributed by atoms with Gasteiger partial charge in [0.15, 0.2) is 5.65 Å². The highest BCUT2D eigenvalue weighted by Crippen LogP contribution is 2.27. The molecular weight excluding hydrogens is 354 g/mol. The quantitative estimate of drug-likeness (QED) is 0.756. The zero-order chi connectivity index (χ0) is 19.8. The lowest BCUT2D eigenvalue weighted by molar-refractivity contribution is -0.122. The third kappa shape index (κ3) is 3.35. The highest BCUT2D eigenvalue weighted by molar-refractivity contribution is 6.03. The van der Waals surface area contributed by atoms with Crippen LogP contribution in [0, 0.1) is 12.8 Å². The van der Waals surface area contributed by atoms with Gasteiger partial charge in [-0.3, -0.25) is 9.59 Å². The second-order valence-corrected chi connectivity index (χ2v) is 7.55. The van der Waals surface area contributed by atoms with Crippen LogP contribution in [0.25, 0.3) is 11.0 Å². The molecule has 0 aliphatic carbocycles. The molecule has 2 aromatic heterocycles. The first kappa shape index (κ1) is 18.2. The molecule has 1 saturated heterocycles. The van der Waals surface area contributed by atoms with Crippen LogP contribution in [0.1, 0.15) is 31.9 Å². The van der Waals surface area contributed by atoms with Crippen molar-refractivity contribution < 1.29 is 9.59 Å². The van der Waals surface area contributed by atoms with Gasteiger partial charge in [-0.25, -0.2) is 9.67 Å². The van der Waals surface area contributed by atoms with E-state index in [9.17, 15) is 9.59 Å². The van der Waals surface area contributed by atoms with Crippen LogP contribution in [0.4, 0.5) is 11.4 Å². The first-order valence-corrected chi connectivity index (χ1v) is 9.43. The van der Waals surface area contributed by atoms with Crippen LogP contribution in [0.2, 0.25) is 0 Å². The Morgan fingerprint density at radius 2 is 1.96 bits per heavy atom. The first-order valence-electron chi connectivity index (χ1n) is 9.43. The van der Waals surface area contributed by atoms with Gasteiger partial charge < -0.3 is 10.2 Å². The van der Waals surface area contributed by atoms with Crippen LogP contribution < -0.4 is 10.2 Å². The van der Waals surface area contributed by atoms with E-state index in [0.717, 1.165) is 22.3 Å². The second-order valence-electron chi connectivity index (χ2n) is 7.55. The minimum absolute atomic E-state index is 0.0317. The summed E-state index contributed by atoms with van der Waals surface area (Å²) in [5.74, 6) is -0.584. The Morgan fingerprint density at radius 1 is 1.21 bits per heavy atom. The molecule has 1 atom stereocenters. The van der Waals surface area contributed by atoms with Gasteiger partial charge in [-0.2, -0.15) is 5.10 Å². The molecule has 7 nitrogen and oxygen atoms in total. The number of rotatable bonds is 4. The fraction of sp³-hybridized carbons (Fsp3) is 0.333. The number of fused-ring (bicyclic) bond motifs is 1. The van der Waals surface area contributed by atoms with Gasteiger partial charge in [0.2, 0.25) is 11.8 Å². The number of benzene rings is 1. The number of nitrogens with one attached hydrogen (secondary N) is 1. The molecule has 1 fully saturated rings. The summed E-state index contributed by atoms with van der Waals surface area (Å²) in [7, 11) is 0. The van der Waals surface area contributed by atoms with Crippen molar-refractivity contribution in [3.8, 4) is 0 Å². The summed E-state index contributed by atoms with van der Waals surface area (Å²) in [5.41, 5.74) is 3.36. The maximum absolute atomic E-state index is 12.7. The predicted molar refractivity (Wildman–Crippen MR) is 108 cm³/mol. The minimum Gasteiger partial charge on any atom is -0.324 e. The molecule has 28 heavy (non-hydrogen) atoms. The third-order valence-corrected chi connectivity index (χ3v) is 5.03. The highest BCUT2D eigenvalue weighted by Gasteiger charge is 2.35. The zero-order valence-electron chi connectivity index (χ0n) is 16.2. The van der Waals surface area contributed by atoms with Gasteiger partial charge in [0.25, 0.3) is 0 Å². The van der Waals surface area contributed by atoms with Crippen molar-refractivity contribution in [2.75, 3.05) is 16.8 Å². The van der Waals surface area contributed by atoms with Crippen molar-refractivity contribution >= 4 is 34.2 Å². The molecule has 3 heterocycles. The molecule has 0 saturated carbocycles. The molecule has 4 rings (SSSR count). The van der Waals surface area contributed by atoms with Gasteiger partial charge >= 0.3 is 0 Å². The lowest BCUT2D eigenvalue weighted by atomic mass is 10.1. The number of carbonyl (C=O) groups is 2. The standard InChI is InChI=1S/C21H23N5O2/c1-13(2)26-20-15(10-23-26)8-17(11-22-20)24-21(28)16-9-19(27)25(12-16)18-6-4-14(3)5-7-18/h4-8,10-11,13,16H,9,12H2,1-3H3,(H,24,28)/t16-/m1/s1. The molecular formula is C21H23N5O2. The second kappa shape index (κ2) is 7.07. The van der Waals surface area contributed by atoms with Crippen LogP contribution in [0.15, 0.2) is 42.7 Å². The Morgan fingerprint density at radius 3 is 2.68 bits per heavy atom. The monoisotopic (exact) mass is 377 g/mol. The third-order valence-electron chi connectivity index (χ3n) is 5.03. The van der Waals surface area contributed by atoms with Gasteiger partial charge in [-0.1, -0.05) is 17.7 Å². The average Bonchev–Trinajstić information content (AvgIpc) is 3.26. The van der Waals surface area contributed by atoms with Crippen molar-refractivity contribution in [3.63, 3.8) is 0 Å². The molecule has 3 aromatic rings. The highest BCUT2D eigenvalue weighted by atomic mass is 16.2. The Labute approximate surface area is 163 Å². The molecule has 2 amide bonds. The average molecular weight is 377 g/mol. The summed E-state index contributed by atoms with van der Waals surface area (Å²) in [5, 5.41) is 8.11. The van der Waals surface area contributed by atoms with E-state index in [1.54, 1.807) is 17.3 Å². The number of hydrogen-bond donors (Lipinski definition) is 1. The van der Waals surface area contributed by atoms with E-state index in [1.807, 2.05) is 55.8 Å². The fourth-order valence-corrected chi connectivity index (χ4v) is 3.49. The molecule has 144 valence electrons. The van der Waals surface area contributed by atoms with Gasteiger partial charge in [-0.15, -0.1) is 0 Å². The number of anilines is 2. The van der Waals surface area contributed by atoms with Crippen molar-refractivity contribution in [3.05, 3.63) is 48.3 Å². The largest absolute Gasteiger partial charge is 0.324 e. The number of nitrogens with zero attached hydrogens (tertiary/aromatic N) is 4. The van der Waals surface area contributed by atoms with Gasteiger partial charge in [-0.05, 0) is 39.0 Å². The Hall–Kier alpha value is -3.22. The first-order chi connectivity index (χ1) is 13.4. The number of hydrogen-bond acceptors (Lipinski definition) is 4. The molecule has 0 spiro atoms. The summed E-state index contributed by atoms with van der Waals surface area (Å²) in [4.78, 5) is 31.2. The number of aromatic nitrogens is 3. The van der Waals surface area contributed by atoms with Crippen LogP contribution >= 0.6 is 0 Å². The maximum Gasteiger partial charge on any atom is 0.229 e. The van der Waals surface area contributed by atoms with E-state index >= 15 is 0 Å². The van der Waals surface area contributed by atoms with Gasteiger partial charge in [0.05, 0.1) is 24.0 Å². The van der Waals surface area contributed by atoms with Crippen LogP contribution in [-0.2, 0) is 9.59 Å². The number of amides is 2. The number of carbonyl (C=O) groups excluding carboxylic acids is 2. The topological polar surface area (TPSA) is 80.1 Å². The molecule has 0 unspecified atom stereocenters. The number of pyridine rings is 1.